The highest BCUT2D eigenvalue weighted by Gasteiger charge is 2.12. The molecule has 3 heteroatoms. The SMILES string of the molecule is C#CCCC(NCCC)c1csc(C)n1. The van der Waals surface area contributed by atoms with E-state index in [1.807, 2.05) is 6.92 Å². The first kappa shape index (κ1) is 12.2. The molecule has 15 heavy (non-hydrogen) atoms. The fraction of sp³-hybridized carbons (Fsp3) is 0.583. The molecule has 0 saturated heterocycles. The second-order valence-electron chi connectivity index (χ2n) is 3.54. The van der Waals surface area contributed by atoms with Crippen LogP contribution in [0, 0.1) is 19.3 Å². The number of nitrogens with one attached hydrogen (secondary N) is 1. The van der Waals surface area contributed by atoms with Gasteiger partial charge in [-0.2, -0.15) is 0 Å². The molecule has 0 spiro atoms. The van der Waals surface area contributed by atoms with E-state index in [0.29, 0.717) is 6.04 Å². The second-order valence-corrected chi connectivity index (χ2v) is 4.60. The minimum Gasteiger partial charge on any atom is -0.309 e. The number of thiazole rings is 1. The standard InChI is InChI=1S/C12H18N2S/c1-4-6-7-11(13-8-5-2)12-9-15-10(3)14-12/h1,9,11,13H,5-8H2,2-3H3. The molecule has 1 heterocycles. The predicted molar refractivity (Wildman–Crippen MR) is 66.0 cm³/mol. The van der Waals surface area contributed by atoms with E-state index in [4.69, 9.17) is 6.42 Å². The predicted octanol–water partition coefficient (Wildman–Crippen LogP) is 2.91. The van der Waals surface area contributed by atoms with E-state index in [2.05, 4.69) is 28.5 Å². The Balaban J connectivity index is 2.59. The van der Waals surface area contributed by atoms with Crippen molar-refractivity contribution in [3.63, 3.8) is 0 Å². The normalized spacial score (nSPS) is 12.3. The smallest absolute Gasteiger partial charge is 0.0898 e. The summed E-state index contributed by atoms with van der Waals surface area (Å²) in [6.45, 7) is 5.22. The lowest BCUT2D eigenvalue weighted by Crippen LogP contribution is -2.22. The van der Waals surface area contributed by atoms with Crippen LogP contribution in [-0.2, 0) is 0 Å². The first-order valence-corrected chi connectivity index (χ1v) is 6.24. The van der Waals surface area contributed by atoms with E-state index >= 15 is 0 Å². The highest BCUT2D eigenvalue weighted by Crippen LogP contribution is 2.20. The van der Waals surface area contributed by atoms with Crippen LogP contribution in [-0.4, -0.2) is 11.5 Å². The fourth-order valence-corrected chi connectivity index (χ4v) is 2.11. The van der Waals surface area contributed by atoms with Gasteiger partial charge in [0.1, 0.15) is 0 Å². The van der Waals surface area contributed by atoms with Gasteiger partial charge in [-0.15, -0.1) is 23.7 Å². The van der Waals surface area contributed by atoms with Crippen molar-refractivity contribution in [1.82, 2.24) is 10.3 Å². The quantitative estimate of drug-likeness (QED) is 0.749. The maximum Gasteiger partial charge on any atom is 0.0898 e. The van der Waals surface area contributed by atoms with Crippen LogP contribution in [0.25, 0.3) is 0 Å². The van der Waals surface area contributed by atoms with E-state index in [0.717, 1.165) is 36.5 Å². The molecule has 0 radical (unpaired) electrons. The molecule has 0 amide bonds. The summed E-state index contributed by atoms with van der Waals surface area (Å²) >= 11 is 1.70. The van der Waals surface area contributed by atoms with E-state index in [1.54, 1.807) is 11.3 Å². The lowest BCUT2D eigenvalue weighted by Gasteiger charge is -2.14. The van der Waals surface area contributed by atoms with E-state index in [-0.39, 0.29) is 0 Å². The van der Waals surface area contributed by atoms with Crippen LogP contribution in [0.3, 0.4) is 0 Å². The molecule has 1 aromatic heterocycles. The van der Waals surface area contributed by atoms with Crippen molar-refractivity contribution < 1.29 is 0 Å². The molecule has 0 saturated carbocycles. The van der Waals surface area contributed by atoms with Crippen LogP contribution in [0.15, 0.2) is 5.38 Å². The summed E-state index contributed by atoms with van der Waals surface area (Å²) < 4.78 is 0. The number of rotatable bonds is 6. The monoisotopic (exact) mass is 222 g/mol. The van der Waals surface area contributed by atoms with Gasteiger partial charge in [0.25, 0.3) is 0 Å². The van der Waals surface area contributed by atoms with Gasteiger partial charge >= 0.3 is 0 Å². The molecule has 1 unspecified atom stereocenters. The summed E-state index contributed by atoms with van der Waals surface area (Å²) in [5.74, 6) is 2.69. The minimum atomic E-state index is 0.325. The third kappa shape index (κ3) is 4.03. The molecule has 1 rings (SSSR count). The Morgan fingerprint density at radius 2 is 2.47 bits per heavy atom. The van der Waals surface area contributed by atoms with Crippen molar-refractivity contribution in [3.05, 3.63) is 16.1 Å². The van der Waals surface area contributed by atoms with Crippen LogP contribution < -0.4 is 5.32 Å². The van der Waals surface area contributed by atoms with Crippen molar-refractivity contribution in [1.29, 1.82) is 0 Å². The molecule has 0 aromatic carbocycles. The number of aromatic nitrogens is 1. The molecule has 0 aliphatic rings. The second kappa shape index (κ2) is 6.60. The average Bonchev–Trinajstić information content (AvgIpc) is 2.65. The minimum absolute atomic E-state index is 0.325. The van der Waals surface area contributed by atoms with Crippen LogP contribution in [0.2, 0.25) is 0 Å². The molecule has 0 fully saturated rings. The summed E-state index contributed by atoms with van der Waals surface area (Å²) in [5.41, 5.74) is 1.14. The highest BCUT2D eigenvalue weighted by molar-refractivity contribution is 7.09. The van der Waals surface area contributed by atoms with Crippen molar-refractivity contribution in [2.45, 2.75) is 39.2 Å². The first-order valence-electron chi connectivity index (χ1n) is 5.36. The Bertz CT molecular complexity index is 325. The molecule has 2 nitrogen and oxygen atoms in total. The van der Waals surface area contributed by atoms with Crippen LogP contribution >= 0.6 is 11.3 Å². The topological polar surface area (TPSA) is 24.9 Å². The van der Waals surface area contributed by atoms with Crippen molar-refractivity contribution >= 4 is 11.3 Å². The van der Waals surface area contributed by atoms with E-state index in [1.165, 1.54) is 0 Å². The Morgan fingerprint density at radius 1 is 1.67 bits per heavy atom. The summed E-state index contributed by atoms with van der Waals surface area (Å²) in [6, 6.07) is 0.325. The lowest BCUT2D eigenvalue weighted by atomic mass is 10.1. The van der Waals surface area contributed by atoms with E-state index < -0.39 is 0 Å². The van der Waals surface area contributed by atoms with Gasteiger partial charge in [-0.25, -0.2) is 4.98 Å². The van der Waals surface area contributed by atoms with Gasteiger partial charge in [0, 0.05) is 11.8 Å². The van der Waals surface area contributed by atoms with Gasteiger partial charge in [-0.3, -0.25) is 0 Å². The van der Waals surface area contributed by atoms with Crippen LogP contribution in [0.4, 0.5) is 0 Å². The zero-order valence-electron chi connectivity index (χ0n) is 9.42. The Morgan fingerprint density at radius 3 is 3.00 bits per heavy atom. The van der Waals surface area contributed by atoms with Gasteiger partial charge in [-0.1, -0.05) is 6.92 Å². The van der Waals surface area contributed by atoms with Gasteiger partial charge in [0.15, 0.2) is 0 Å². The van der Waals surface area contributed by atoms with Crippen LogP contribution in [0.5, 0.6) is 0 Å². The van der Waals surface area contributed by atoms with Crippen molar-refractivity contribution in [2.24, 2.45) is 0 Å². The average molecular weight is 222 g/mol. The maximum atomic E-state index is 5.29. The zero-order chi connectivity index (χ0) is 11.1. The molecule has 0 aliphatic carbocycles. The maximum absolute atomic E-state index is 5.29. The van der Waals surface area contributed by atoms with Crippen molar-refractivity contribution in [3.8, 4) is 12.3 Å². The number of terminal acetylenes is 1. The van der Waals surface area contributed by atoms with E-state index in [9.17, 15) is 0 Å². The van der Waals surface area contributed by atoms with Gasteiger partial charge in [-0.05, 0) is 26.3 Å². The molecule has 1 atom stereocenters. The highest BCUT2D eigenvalue weighted by atomic mass is 32.1. The zero-order valence-corrected chi connectivity index (χ0v) is 10.2. The summed E-state index contributed by atoms with van der Waals surface area (Å²) in [6.07, 6.45) is 8.20. The molecular formula is C12H18N2S. The number of nitrogens with zero attached hydrogens (tertiary/aromatic N) is 1. The Labute approximate surface area is 96.1 Å². The van der Waals surface area contributed by atoms with Crippen LogP contribution in [0.1, 0.15) is 42.9 Å². The largest absolute Gasteiger partial charge is 0.309 e. The number of hydrogen-bond donors (Lipinski definition) is 1. The fourth-order valence-electron chi connectivity index (χ4n) is 1.44. The number of hydrogen-bond acceptors (Lipinski definition) is 3. The first-order chi connectivity index (χ1) is 7.27. The lowest BCUT2D eigenvalue weighted by molar-refractivity contribution is 0.496. The van der Waals surface area contributed by atoms with Gasteiger partial charge in [0.2, 0.25) is 0 Å². The van der Waals surface area contributed by atoms with Gasteiger partial charge < -0.3 is 5.32 Å². The third-order valence-corrected chi connectivity index (χ3v) is 3.00. The third-order valence-electron chi connectivity index (χ3n) is 2.21. The summed E-state index contributed by atoms with van der Waals surface area (Å²) in [7, 11) is 0. The Hall–Kier alpha value is -0.850. The number of aryl methyl sites for hydroxylation is 1. The Kier molecular flexibility index (Phi) is 5.38. The molecule has 82 valence electrons. The summed E-state index contributed by atoms with van der Waals surface area (Å²) in [4.78, 5) is 4.50. The molecule has 1 aromatic rings. The molecular weight excluding hydrogens is 204 g/mol. The molecule has 0 aliphatic heterocycles. The molecule has 1 N–H and O–H groups in total. The summed E-state index contributed by atoms with van der Waals surface area (Å²) in [5, 5.41) is 6.73. The van der Waals surface area contributed by atoms with Gasteiger partial charge in [0.05, 0.1) is 16.7 Å². The van der Waals surface area contributed by atoms with Crippen molar-refractivity contribution in [2.75, 3.05) is 6.54 Å². The molecule has 0 bridgehead atoms.